The monoisotopic (exact) mass is 191 g/mol. The molecule has 3 heteroatoms. The van der Waals surface area contributed by atoms with Crippen LogP contribution in [0.5, 0.6) is 0 Å². The van der Waals surface area contributed by atoms with Gasteiger partial charge >= 0.3 is 0 Å². The van der Waals surface area contributed by atoms with Gasteiger partial charge in [-0.15, -0.1) is 0 Å². The number of aromatic nitrogens is 1. The molecule has 1 rings (SSSR count). The fourth-order valence-electron chi connectivity index (χ4n) is 1.48. The van der Waals surface area contributed by atoms with Crippen molar-refractivity contribution in [3.63, 3.8) is 0 Å². The van der Waals surface area contributed by atoms with Crippen molar-refractivity contribution in [2.24, 2.45) is 0 Å². The Morgan fingerprint density at radius 2 is 1.50 bits per heavy atom. The summed E-state index contributed by atoms with van der Waals surface area (Å²) in [6, 6.07) is 3.69. The van der Waals surface area contributed by atoms with Crippen molar-refractivity contribution < 1.29 is 0 Å². The van der Waals surface area contributed by atoms with Gasteiger partial charge in [0.1, 0.15) is 6.04 Å². The molecule has 0 fully saturated rings. The summed E-state index contributed by atoms with van der Waals surface area (Å²) in [7, 11) is 0. The van der Waals surface area contributed by atoms with E-state index in [1.54, 1.807) is 0 Å². The van der Waals surface area contributed by atoms with Crippen LogP contribution in [-0.2, 0) is 0 Å². The van der Waals surface area contributed by atoms with Crippen molar-refractivity contribution in [1.29, 1.82) is 10.8 Å². The van der Waals surface area contributed by atoms with Crippen LogP contribution in [0, 0.1) is 10.8 Å². The highest BCUT2D eigenvalue weighted by Crippen LogP contribution is 2.14. The SMILES string of the molecule is CCC(=N)C(C(=N)CC)n1cccc1. The van der Waals surface area contributed by atoms with Crippen LogP contribution in [0.2, 0.25) is 0 Å². The number of rotatable bonds is 5. The molecule has 0 bridgehead atoms. The predicted molar refractivity (Wildman–Crippen MR) is 59.5 cm³/mol. The number of nitrogens with zero attached hydrogens (tertiary/aromatic N) is 1. The molecule has 0 aromatic carbocycles. The third-order valence-corrected chi connectivity index (χ3v) is 2.35. The third-order valence-electron chi connectivity index (χ3n) is 2.35. The lowest BCUT2D eigenvalue weighted by atomic mass is 10.0. The standard InChI is InChI=1S/C11H17N3/c1-3-9(12)11(10(13)4-2)14-7-5-6-8-14/h5-8,11-13H,3-4H2,1-2H3. The Morgan fingerprint density at radius 3 is 1.86 bits per heavy atom. The molecule has 76 valence electrons. The first kappa shape index (κ1) is 10.7. The van der Waals surface area contributed by atoms with E-state index in [1.165, 1.54) is 0 Å². The van der Waals surface area contributed by atoms with Gasteiger partial charge in [0, 0.05) is 23.8 Å². The fourth-order valence-corrected chi connectivity index (χ4v) is 1.48. The van der Waals surface area contributed by atoms with E-state index in [0.29, 0.717) is 24.3 Å². The highest BCUT2D eigenvalue weighted by Gasteiger charge is 2.18. The number of hydrogen-bond donors (Lipinski definition) is 2. The van der Waals surface area contributed by atoms with Gasteiger partial charge < -0.3 is 15.4 Å². The van der Waals surface area contributed by atoms with Crippen molar-refractivity contribution >= 4 is 11.4 Å². The first-order valence-electron chi connectivity index (χ1n) is 4.97. The molecule has 0 saturated carbocycles. The van der Waals surface area contributed by atoms with Gasteiger partial charge in [-0.2, -0.15) is 0 Å². The predicted octanol–water partition coefficient (Wildman–Crippen LogP) is 2.89. The van der Waals surface area contributed by atoms with E-state index in [0.717, 1.165) is 0 Å². The minimum atomic E-state index is -0.167. The highest BCUT2D eigenvalue weighted by molar-refractivity contribution is 6.06. The maximum absolute atomic E-state index is 7.84. The van der Waals surface area contributed by atoms with E-state index in [-0.39, 0.29) is 6.04 Å². The van der Waals surface area contributed by atoms with Gasteiger partial charge in [0.25, 0.3) is 0 Å². The molecular weight excluding hydrogens is 174 g/mol. The molecule has 0 saturated heterocycles. The van der Waals surface area contributed by atoms with E-state index >= 15 is 0 Å². The van der Waals surface area contributed by atoms with Gasteiger partial charge in [0.2, 0.25) is 0 Å². The summed E-state index contributed by atoms with van der Waals surface area (Å²) in [6.45, 7) is 3.92. The summed E-state index contributed by atoms with van der Waals surface area (Å²) in [5, 5.41) is 15.7. The molecule has 3 nitrogen and oxygen atoms in total. The zero-order valence-electron chi connectivity index (χ0n) is 8.75. The summed E-state index contributed by atoms with van der Waals surface area (Å²) in [5.74, 6) is 0. The summed E-state index contributed by atoms with van der Waals surface area (Å²) in [5.41, 5.74) is 1.21. The Morgan fingerprint density at radius 1 is 1.07 bits per heavy atom. The van der Waals surface area contributed by atoms with E-state index in [4.69, 9.17) is 10.8 Å². The second-order valence-electron chi connectivity index (χ2n) is 3.29. The molecule has 0 atom stereocenters. The van der Waals surface area contributed by atoms with E-state index < -0.39 is 0 Å². The van der Waals surface area contributed by atoms with Crippen molar-refractivity contribution in [2.75, 3.05) is 0 Å². The maximum atomic E-state index is 7.84. The molecule has 1 aromatic rings. The van der Waals surface area contributed by atoms with Gasteiger partial charge in [0.05, 0.1) is 0 Å². The second kappa shape index (κ2) is 4.74. The zero-order valence-corrected chi connectivity index (χ0v) is 8.75. The highest BCUT2D eigenvalue weighted by atomic mass is 15.0. The summed E-state index contributed by atoms with van der Waals surface area (Å²) in [6.07, 6.45) is 5.23. The largest absolute Gasteiger partial charge is 0.340 e. The molecule has 0 unspecified atom stereocenters. The Labute approximate surface area is 84.8 Å². The normalized spacial score (nSPS) is 12.4. The van der Waals surface area contributed by atoms with Gasteiger partial charge in [-0.25, -0.2) is 0 Å². The van der Waals surface area contributed by atoms with Gasteiger partial charge in [0.15, 0.2) is 0 Å². The molecule has 14 heavy (non-hydrogen) atoms. The summed E-state index contributed by atoms with van der Waals surface area (Å²) >= 11 is 0. The minimum absolute atomic E-state index is 0.167. The van der Waals surface area contributed by atoms with Crippen molar-refractivity contribution in [1.82, 2.24) is 4.57 Å². The lowest BCUT2D eigenvalue weighted by Crippen LogP contribution is -2.24. The van der Waals surface area contributed by atoms with Crippen LogP contribution < -0.4 is 0 Å². The molecular formula is C11H17N3. The Bertz CT molecular complexity index is 295. The Balaban J connectivity index is 2.94. The van der Waals surface area contributed by atoms with E-state index in [2.05, 4.69) is 0 Å². The lowest BCUT2D eigenvalue weighted by molar-refractivity contribution is 0.761. The van der Waals surface area contributed by atoms with Gasteiger partial charge in [-0.05, 0) is 25.0 Å². The topological polar surface area (TPSA) is 52.6 Å². The van der Waals surface area contributed by atoms with Gasteiger partial charge in [-0.1, -0.05) is 13.8 Å². The van der Waals surface area contributed by atoms with Crippen molar-refractivity contribution in [2.45, 2.75) is 32.7 Å². The zero-order chi connectivity index (χ0) is 10.6. The van der Waals surface area contributed by atoms with Crippen LogP contribution in [0.15, 0.2) is 24.5 Å². The number of hydrogen-bond acceptors (Lipinski definition) is 2. The van der Waals surface area contributed by atoms with Gasteiger partial charge in [-0.3, -0.25) is 0 Å². The number of nitrogens with one attached hydrogen (secondary N) is 2. The van der Waals surface area contributed by atoms with Crippen LogP contribution in [0.25, 0.3) is 0 Å². The van der Waals surface area contributed by atoms with E-state index in [9.17, 15) is 0 Å². The molecule has 0 spiro atoms. The average molecular weight is 191 g/mol. The summed E-state index contributed by atoms with van der Waals surface area (Å²) < 4.78 is 1.93. The molecule has 0 radical (unpaired) electrons. The first-order valence-corrected chi connectivity index (χ1v) is 4.97. The van der Waals surface area contributed by atoms with Crippen molar-refractivity contribution in [3.05, 3.63) is 24.5 Å². The fraction of sp³-hybridized carbons (Fsp3) is 0.455. The molecule has 0 aliphatic carbocycles. The molecule has 0 aliphatic rings. The molecule has 0 aliphatic heterocycles. The van der Waals surface area contributed by atoms with E-state index in [1.807, 2.05) is 42.9 Å². The molecule has 1 heterocycles. The van der Waals surface area contributed by atoms with Crippen molar-refractivity contribution in [3.8, 4) is 0 Å². The van der Waals surface area contributed by atoms with Crippen LogP contribution in [0.3, 0.4) is 0 Å². The van der Waals surface area contributed by atoms with Crippen LogP contribution in [0.4, 0.5) is 0 Å². The average Bonchev–Trinajstić information content (AvgIpc) is 2.70. The quantitative estimate of drug-likeness (QED) is 0.672. The molecule has 1 aromatic heterocycles. The molecule has 2 N–H and O–H groups in total. The maximum Gasteiger partial charge on any atom is 0.108 e. The van der Waals surface area contributed by atoms with Crippen LogP contribution in [-0.4, -0.2) is 16.0 Å². The first-order chi connectivity index (χ1) is 6.70. The second-order valence-corrected chi connectivity index (χ2v) is 3.29. The smallest absolute Gasteiger partial charge is 0.108 e. The Kier molecular flexibility index (Phi) is 3.63. The summed E-state index contributed by atoms with van der Waals surface area (Å²) in [4.78, 5) is 0. The van der Waals surface area contributed by atoms with Crippen LogP contribution in [0.1, 0.15) is 32.7 Å². The Hall–Kier alpha value is -1.38. The van der Waals surface area contributed by atoms with Crippen LogP contribution >= 0.6 is 0 Å². The minimum Gasteiger partial charge on any atom is -0.340 e. The third kappa shape index (κ3) is 2.10. The lowest BCUT2D eigenvalue weighted by Gasteiger charge is -2.19. The molecule has 0 amide bonds.